The lowest BCUT2D eigenvalue weighted by atomic mass is 9.95. The largest absolute Gasteiger partial charge is 0.465 e. The second-order valence-electron chi connectivity index (χ2n) is 5.03. The van der Waals surface area contributed by atoms with Crippen molar-refractivity contribution in [1.29, 1.82) is 0 Å². The van der Waals surface area contributed by atoms with E-state index in [1.165, 1.54) is 24.2 Å². The molecule has 5 nitrogen and oxygen atoms in total. The van der Waals surface area contributed by atoms with Crippen molar-refractivity contribution in [1.82, 2.24) is 14.9 Å². The molecule has 0 aliphatic carbocycles. The summed E-state index contributed by atoms with van der Waals surface area (Å²) in [6.07, 6.45) is 3.08. The van der Waals surface area contributed by atoms with E-state index in [2.05, 4.69) is 16.9 Å². The number of hydrogen-bond donors (Lipinski definition) is 1. The molecular formula is C12H23N3O2. The number of carboxylic acid groups (broad SMARTS) is 1. The number of piperidine rings is 1. The second-order valence-corrected chi connectivity index (χ2v) is 5.03. The summed E-state index contributed by atoms with van der Waals surface area (Å²) in [5, 5.41) is 13.7. The van der Waals surface area contributed by atoms with Gasteiger partial charge in [0.1, 0.15) is 0 Å². The first-order valence-electron chi connectivity index (χ1n) is 6.68. The number of amides is 1. The third kappa shape index (κ3) is 3.10. The molecule has 0 aromatic heterocycles. The summed E-state index contributed by atoms with van der Waals surface area (Å²) in [6, 6.07) is 0. The average Bonchev–Trinajstić information content (AvgIpc) is 2.39. The Morgan fingerprint density at radius 3 is 2.06 bits per heavy atom. The zero-order chi connectivity index (χ0) is 12.3. The third-order valence-electron chi connectivity index (χ3n) is 4.09. The summed E-state index contributed by atoms with van der Waals surface area (Å²) < 4.78 is 0. The highest BCUT2D eigenvalue weighted by Crippen LogP contribution is 2.21. The Morgan fingerprint density at radius 1 is 1.06 bits per heavy atom. The van der Waals surface area contributed by atoms with E-state index in [-0.39, 0.29) is 0 Å². The molecule has 0 spiro atoms. The van der Waals surface area contributed by atoms with Crippen LogP contribution in [0.2, 0.25) is 0 Å². The standard InChI is InChI=1S/C12H23N3O2/c1-2-11-3-5-14(6-4-11)15-9-7-13(8-10-15)12(16)17/h11H,2-10H2,1H3,(H,16,17). The molecule has 98 valence electrons. The fourth-order valence-corrected chi connectivity index (χ4v) is 2.78. The lowest BCUT2D eigenvalue weighted by Gasteiger charge is -2.43. The molecule has 0 unspecified atom stereocenters. The van der Waals surface area contributed by atoms with Crippen molar-refractivity contribution in [2.24, 2.45) is 5.92 Å². The van der Waals surface area contributed by atoms with Gasteiger partial charge in [0, 0.05) is 39.3 Å². The topological polar surface area (TPSA) is 47.0 Å². The molecule has 2 saturated heterocycles. The van der Waals surface area contributed by atoms with Crippen molar-refractivity contribution in [2.75, 3.05) is 39.3 Å². The number of nitrogens with zero attached hydrogens (tertiary/aromatic N) is 3. The van der Waals surface area contributed by atoms with Gasteiger partial charge >= 0.3 is 6.09 Å². The summed E-state index contributed by atoms with van der Waals surface area (Å²) in [5.74, 6) is 0.895. The van der Waals surface area contributed by atoms with E-state index in [1.54, 1.807) is 0 Å². The highest BCUT2D eigenvalue weighted by atomic mass is 16.4. The van der Waals surface area contributed by atoms with E-state index in [9.17, 15) is 4.79 Å². The normalized spacial score (nSPS) is 25.1. The van der Waals surface area contributed by atoms with E-state index in [1.807, 2.05) is 0 Å². The summed E-state index contributed by atoms with van der Waals surface area (Å²) in [7, 11) is 0. The van der Waals surface area contributed by atoms with E-state index in [4.69, 9.17) is 5.11 Å². The van der Waals surface area contributed by atoms with Gasteiger partial charge in [-0.2, -0.15) is 0 Å². The van der Waals surface area contributed by atoms with Crippen LogP contribution in [0.4, 0.5) is 4.79 Å². The molecule has 0 saturated carbocycles. The van der Waals surface area contributed by atoms with Crippen molar-refractivity contribution in [3.05, 3.63) is 0 Å². The second kappa shape index (κ2) is 5.69. The monoisotopic (exact) mass is 241 g/mol. The Bertz CT molecular complexity index is 256. The van der Waals surface area contributed by atoms with Crippen molar-refractivity contribution in [3.63, 3.8) is 0 Å². The van der Waals surface area contributed by atoms with E-state index < -0.39 is 6.09 Å². The zero-order valence-electron chi connectivity index (χ0n) is 10.6. The average molecular weight is 241 g/mol. The molecule has 1 N–H and O–H groups in total. The van der Waals surface area contributed by atoms with Crippen LogP contribution in [-0.4, -0.2) is 65.4 Å². The van der Waals surface area contributed by atoms with E-state index in [0.29, 0.717) is 13.1 Å². The SMILES string of the molecule is CCC1CCN(N2CCN(C(=O)O)CC2)CC1. The molecule has 2 aliphatic heterocycles. The number of hydrazine groups is 1. The Morgan fingerprint density at radius 2 is 1.59 bits per heavy atom. The van der Waals surface area contributed by atoms with E-state index in [0.717, 1.165) is 32.1 Å². The first kappa shape index (κ1) is 12.6. The van der Waals surface area contributed by atoms with Gasteiger partial charge < -0.3 is 10.0 Å². The van der Waals surface area contributed by atoms with Crippen LogP contribution < -0.4 is 0 Å². The van der Waals surface area contributed by atoms with Gasteiger partial charge in [-0.05, 0) is 18.8 Å². The maximum absolute atomic E-state index is 10.8. The van der Waals surface area contributed by atoms with Gasteiger partial charge in [0.15, 0.2) is 0 Å². The molecule has 0 radical (unpaired) electrons. The lowest BCUT2D eigenvalue weighted by Crippen LogP contribution is -2.56. The van der Waals surface area contributed by atoms with Gasteiger partial charge in [-0.1, -0.05) is 13.3 Å². The van der Waals surface area contributed by atoms with E-state index >= 15 is 0 Å². The van der Waals surface area contributed by atoms with Crippen LogP contribution >= 0.6 is 0 Å². The summed E-state index contributed by atoms with van der Waals surface area (Å²) in [4.78, 5) is 12.3. The molecule has 0 aromatic carbocycles. The van der Waals surface area contributed by atoms with Gasteiger partial charge in [0.05, 0.1) is 0 Å². The minimum Gasteiger partial charge on any atom is -0.465 e. The van der Waals surface area contributed by atoms with Gasteiger partial charge in [0.25, 0.3) is 0 Å². The molecule has 17 heavy (non-hydrogen) atoms. The lowest BCUT2D eigenvalue weighted by molar-refractivity contribution is -0.0723. The zero-order valence-corrected chi connectivity index (χ0v) is 10.6. The molecule has 2 fully saturated rings. The third-order valence-corrected chi connectivity index (χ3v) is 4.09. The van der Waals surface area contributed by atoms with Crippen LogP contribution in [0.25, 0.3) is 0 Å². The molecule has 2 heterocycles. The predicted molar refractivity (Wildman–Crippen MR) is 65.8 cm³/mol. The molecule has 0 bridgehead atoms. The summed E-state index contributed by atoms with van der Waals surface area (Å²) in [6.45, 7) is 7.54. The minimum atomic E-state index is -0.783. The number of carbonyl (C=O) groups is 1. The molecule has 0 atom stereocenters. The van der Waals surface area contributed by atoms with Crippen LogP contribution in [0, 0.1) is 5.92 Å². The number of hydrogen-bond acceptors (Lipinski definition) is 3. The Balaban J connectivity index is 1.76. The molecule has 2 aliphatic rings. The van der Waals surface area contributed by atoms with Crippen molar-refractivity contribution < 1.29 is 9.90 Å². The van der Waals surface area contributed by atoms with Crippen molar-refractivity contribution in [3.8, 4) is 0 Å². The van der Waals surface area contributed by atoms with Gasteiger partial charge in [-0.25, -0.2) is 14.8 Å². The molecule has 1 amide bonds. The highest BCUT2D eigenvalue weighted by molar-refractivity contribution is 5.65. The van der Waals surface area contributed by atoms with Crippen LogP contribution in [0.15, 0.2) is 0 Å². The molecule has 5 heteroatoms. The smallest absolute Gasteiger partial charge is 0.407 e. The number of rotatable bonds is 2. The fraction of sp³-hybridized carbons (Fsp3) is 0.917. The maximum Gasteiger partial charge on any atom is 0.407 e. The number of piperazine rings is 1. The van der Waals surface area contributed by atoms with Crippen molar-refractivity contribution in [2.45, 2.75) is 26.2 Å². The Labute approximate surface area is 103 Å². The Kier molecular flexibility index (Phi) is 4.23. The van der Waals surface area contributed by atoms with Crippen LogP contribution in [-0.2, 0) is 0 Å². The first-order valence-corrected chi connectivity index (χ1v) is 6.68. The van der Waals surface area contributed by atoms with Crippen LogP contribution in [0.1, 0.15) is 26.2 Å². The van der Waals surface area contributed by atoms with Crippen LogP contribution in [0.5, 0.6) is 0 Å². The van der Waals surface area contributed by atoms with Crippen LogP contribution in [0.3, 0.4) is 0 Å². The fourth-order valence-electron chi connectivity index (χ4n) is 2.78. The Hall–Kier alpha value is -0.810. The van der Waals surface area contributed by atoms with Gasteiger partial charge in [0.2, 0.25) is 0 Å². The van der Waals surface area contributed by atoms with Gasteiger partial charge in [-0.15, -0.1) is 0 Å². The van der Waals surface area contributed by atoms with Gasteiger partial charge in [-0.3, -0.25) is 0 Å². The quantitative estimate of drug-likeness (QED) is 0.792. The molecule has 0 aromatic rings. The highest BCUT2D eigenvalue weighted by Gasteiger charge is 2.27. The minimum absolute atomic E-state index is 0.642. The predicted octanol–water partition coefficient (Wildman–Crippen LogP) is 1.32. The molecule has 2 rings (SSSR count). The summed E-state index contributed by atoms with van der Waals surface area (Å²) in [5.41, 5.74) is 0. The maximum atomic E-state index is 10.8. The summed E-state index contributed by atoms with van der Waals surface area (Å²) >= 11 is 0. The first-order chi connectivity index (χ1) is 8.20. The van der Waals surface area contributed by atoms with Crippen molar-refractivity contribution >= 4 is 6.09 Å². The molecular weight excluding hydrogens is 218 g/mol.